The molecule has 1 aromatic heterocycles. The van der Waals surface area contributed by atoms with E-state index in [1.54, 1.807) is 19.4 Å². The molecule has 27 heavy (non-hydrogen) atoms. The number of hydrogen-bond donors (Lipinski definition) is 1. The number of carbonyl (C=O) groups excluding carboxylic acids is 1. The van der Waals surface area contributed by atoms with E-state index in [1.165, 1.54) is 5.56 Å². The molecule has 0 spiro atoms. The fourth-order valence-electron chi connectivity index (χ4n) is 2.71. The Labute approximate surface area is 159 Å². The van der Waals surface area contributed by atoms with Gasteiger partial charge < -0.3 is 15.0 Å². The second-order valence-electron chi connectivity index (χ2n) is 6.28. The SMILES string of the molecule is COc1ccc(CNC(=O)c2ccc(N(C)Cc3ccccc3)nc2)cc1. The van der Waals surface area contributed by atoms with Crippen molar-refractivity contribution < 1.29 is 9.53 Å². The number of aromatic nitrogens is 1. The van der Waals surface area contributed by atoms with E-state index >= 15 is 0 Å². The van der Waals surface area contributed by atoms with Gasteiger partial charge in [-0.25, -0.2) is 4.98 Å². The fraction of sp³-hybridized carbons (Fsp3) is 0.182. The van der Waals surface area contributed by atoms with Gasteiger partial charge in [0.25, 0.3) is 5.91 Å². The number of anilines is 1. The quantitative estimate of drug-likeness (QED) is 0.698. The molecule has 1 heterocycles. The first-order valence-corrected chi connectivity index (χ1v) is 8.78. The van der Waals surface area contributed by atoms with Gasteiger partial charge >= 0.3 is 0 Å². The zero-order valence-corrected chi connectivity index (χ0v) is 15.6. The summed E-state index contributed by atoms with van der Waals surface area (Å²) in [6.45, 7) is 1.22. The number of methoxy groups -OCH3 is 1. The predicted octanol–water partition coefficient (Wildman–Crippen LogP) is 3.66. The molecule has 0 aliphatic carbocycles. The van der Waals surface area contributed by atoms with Gasteiger partial charge in [0.2, 0.25) is 0 Å². The summed E-state index contributed by atoms with van der Waals surface area (Å²) < 4.78 is 5.13. The van der Waals surface area contributed by atoms with Crippen molar-refractivity contribution in [3.05, 3.63) is 89.6 Å². The van der Waals surface area contributed by atoms with Gasteiger partial charge in [-0.05, 0) is 35.4 Å². The number of ether oxygens (including phenoxy) is 1. The number of nitrogens with one attached hydrogen (secondary N) is 1. The summed E-state index contributed by atoms with van der Waals surface area (Å²) in [5.41, 5.74) is 2.76. The van der Waals surface area contributed by atoms with Crippen LogP contribution in [0.3, 0.4) is 0 Å². The molecule has 0 saturated carbocycles. The first-order valence-electron chi connectivity index (χ1n) is 8.78. The van der Waals surface area contributed by atoms with Crippen LogP contribution in [0.4, 0.5) is 5.82 Å². The molecule has 0 aliphatic rings. The van der Waals surface area contributed by atoms with E-state index in [1.807, 2.05) is 60.5 Å². The Kier molecular flexibility index (Phi) is 6.05. The molecular formula is C22H23N3O2. The minimum Gasteiger partial charge on any atom is -0.497 e. The lowest BCUT2D eigenvalue weighted by molar-refractivity contribution is 0.0950. The van der Waals surface area contributed by atoms with Crippen molar-refractivity contribution in [3.63, 3.8) is 0 Å². The summed E-state index contributed by atoms with van der Waals surface area (Å²) in [5, 5.41) is 2.91. The smallest absolute Gasteiger partial charge is 0.253 e. The first kappa shape index (κ1) is 18.5. The number of benzene rings is 2. The van der Waals surface area contributed by atoms with Crippen molar-refractivity contribution in [1.29, 1.82) is 0 Å². The molecule has 0 atom stereocenters. The van der Waals surface area contributed by atoms with Gasteiger partial charge in [0.1, 0.15) is 11.6 Å². The predicted molar refractivity (Wildman–Crippen MR) is 107 cm³/mol. The average Bonchev–Trinajstić information content (AvgIpc) is 2.73. The maximum Gasteiger partial charge on any atom is 0.253 e. The van der Waals surface area contributed by atoms with Gasteiger partial charge in [0.05, 0.1) is 12.7 Å². The van der Waals surface area contributed by atoms with Crippen LogP contribution >= 0.6 is 0 Å². The largest absolute Gasteiger partial charge is 0.497 e. The van der Waals surface area contributed by atoms with Crippen LogP contribution in [-0.2, 0) is 13.1 Å². The third kappa shape index (κ3) is 5.07. The molecule has 5 heteroatoms. The number of rotatable bonds is 7. The van der Waals surface area contributed by atoms with Crippen LogP contribution in [0.1, 0.15) is 21.5 Å². The number of amides is 1. The number of pyridine rings is 1. The lowest BCUT2D eigenvalue weighted by atomic mass is 10.2. The molecule has 0 radical (unpaired) electrons. The minimum absolute atomic E-state index is 0.143. The van der Waals surface area contributed by atoms with E-state index < -0.39 is 0 Å². The normalized spacial score (nSPS) is 10.3. The third-order valence-corrected chi connectivity index (χ3v) is 4.28. The molecule has 0 saturated heterocycles. The number of nitrogens with zero attached hydrogens (tertiary/aromatic N) is 2. The minimum atomic E-state index is -0.143. The average molecular weight is 361 g/mol. The molecule has 3 rings (SSSR count). The van der Waals surface area contributed by atoms with Crippen LogP contribution in [-0.4, -0.2) is 25.0 Å². The molecule has 3 aromatic rings. The van der Waals surface area contributed by atoms with E-state index in [2.05, 4.69) is 22.4 Å². The van der Waals surface area contributed by atoms with E-state index in [0.29, 0.717) is 12.1 Å². The van der Waals surface area contributed by atoms with Crippen molar-refractivity contribution >= 4 is 11.7 Å². The Morgan fingerprint density at radius 3 is 2.37 bits per heavy atom. The molecule has 0 aliphatic heterocycles. The highest BCUT2D eigenvalue weighted by molar-refractivity contribution is 5.94. The van der Waals surface area contributed by atoms with Crippen molar-refractivity contribution in [2.24, 2.45) is 0 Å². The summed E-state index contributed by atoms with van der Waals surface area (Å²) in [4.78, 5) is 18.8. The van der Waals surface area contributed by atoms with Crippen LogP contribution in [0.15, 0.2) is 72.9 Å². The standard InChI is InChI=1S/C22H23N3O2/c1-25(16-18-6-4-3-5-7-18)21-13-10-19(15-23-21)22(26)24-14-17-8-11-20(27-2)12-9-17/h3-13,15H,14,16H2,1-2H3,(H,24,26). The Bertz CT molecular complexity index is 862. The maximum absolute atomic E-state index is 12.3. The summed E-state index contributed by atoms with van der Waals surface area (Å²) >= 11 is 0. The van der Waals surface area contributed by atoms with Gasteiger partial charge in [-0.2, -0.15) is 0 Å². The topological polar surface area (TPSA) is 54.5 Å². The monoisotopic (exact) mass is 361 g/mol. The van der Waals surface area contributed by atoms with Gasteiger partial charge in [-0.3, -0.25) is 4.79 Å². The molecule has 138 valence electrons. The van der Waals surface area contributed by atoms with E-state index in [0.717, 1.165) is 23.7 Å². The van der Waals surface area contributed by atoms with E-state index in [9.17, 15) is 4.79 Å². The first-order chi connectivity index (χ1) is 13.2. The second-order valence-corrected chi connectivity index (χ2v) is 6.28. The summed E-state index contributed by atoms with van der Waals surface area (Å²) in [6, 6.07) is 21.5. The lowest BCUT2D eigenvalue weighted by Gasteiger charge is -2.18. The molecule has 0 bridgehead atoms. The van der Waals surface area contributed by atoms with Gasteiger partial charge in [-0.1, -0.05) is 42.5 Å². The van der Waals surface area contributed by atoms with Crippen LogP contribution < -0.4 is 15.0 Å². The number of carbonyl (C=O) groups is 1. The summed E-state index contributed by atoms with van der Waals surface area (Å²) in [6.07, 6.45) is 1.61. The zero-order valence-electron chi connectivity index (χ0n) is 15.6. The molecule has 2 aromatic carbocycles. The van der Waals surface area contributed by atoms with Gasteiger partial charge in [0, 0.05) is 26.3 Å². The summed E-state index contributed by atoms with van der Waals surface area (Å²) in [7, 11) is 3.61. The van der Waals surface area contributed by atoms with Crippen molar-refractivity contribution in [3.8, 4) is 5.75 Å². The van der Waals surface area contributed by atoms with Crippen molar-refractivity contribution in [1.82, 2.24) is 10.3 Å². The van der Waals surface area contributed by atoms with Crippen molar-refractivity contribution in [2.75, 3.05) is 19.1 Å². The van der Waals surface area contributed by atoms with E-state index in [-0.39, 0.29) is 5.91 Å². The Balaban J connectivity index is 1.56. The lowest BCUT2D eigenvalue weighted by Crippen LogP contribution is -2.23. The highest BCUT2D eigenvalue weighted by atomic mass is 16.5. The Morgan fingerprint density at radius 2 is 1.74 bits per heavy atom. The fourth-order valence-corrected chi connectivity index (χ4v) is 2.71. The molecular weight excluding hydrogens is 338 g/mol. The molecule has 1 N–H and O–H groups in total. The molecule has 0 fully saturated rings. The van der Waals surface area contributed by atoms with Gasteiger partial charge in [0.15, 0.2) is 0 Å². The second kappa shape index (κ2) is 8.85. The third-order valence-electron chi connectivity index (χ3n) is 4.28. The molecule has 0 unspecified atom stereocenters. The highest BCUT2D eigenvalue weighted by Crippen LogP contribution is 2.14. The van der Waals surface area contributed by atoms with E-state index in [4.69, 9.17) is 4.74 Å². The zero-order chi connectivity index (χ0) is 19.1. The van der Waals surface area contributed by atoms with Gasteiger partial charge in [-0.15, -0.1) is 0 Å². The Hall–Kier alpha value is -3.34. The number of hydrogen-bond acceptors (Lipinski definition) is 4. The maximum atomic E-state index is 12.3. The van der Waals surface area contributed by atoms with Crippen LogP contribution in [0, 0.1) is 0 Å². The highest BCUT2D eigenvalue weighted by Gasteiger charge is 2.08. The summed E-state index contributed by atoms with van der Waals surface area (Å²) in [5.74, 6) is 1.48. The van der Waals surface area contributed by atoms with Crippen LogP contribution in [0.5, 0.6) is 5.75 Å². The Morgan fingerprint density at radius 1 is 1.00 bits per heavy atom. The van der Waals surface area contributed by atoms with Crippen LogP contribution in [0.2, 0.25) is 0 Å². The molecule has 1 amide bonds. The molecule has 5 nitrogen and oxygen atoms in total. The van der Waals surface area contributed by atoms with Crippen LogP contribution in [0.25, 0.3) is 0 Å². The van der Waals surface area contributed by atoms with Crippen molar-refractivity contribution in [2.45, 2.75) is 13.1 Å².